The smallest absolute Gasteiger partial charge is 0.462 e. The van der Waals surface area contributed by atoms with Crippen LogP contribution >= 0.6 is 7.82 Å². The Morgan fingerprint density at radius 1 is 0.755 bits per heavy atom. The van der Waals surface area contributed by atoms with Crippen molar-refractivity contribution in [1.29, 1.82) is 0 Å². The van der Waals surface area contributed by atoms with E-state index in [0.29, 0.717) is 30.6 Å². The second-order valence-corrected chi connectivity index (χ2v) is 15.0. The lowest BCUT2D eigenvalue weighted by Crippen LogP contribution is -2.29. The fourth-order valence-electron chi connectivity index (χ4n) is 6.08. The molecule has 302 valence electrons. The topological polar surface area (TPSA) is 213 Å². The molecule has 0 fully saturated rings. The molecule has 2 aromatic rings. The zero-order valence-electron chi connectivity index (χ0n) is 31.7. The third-order valence-electron chi connectivity index (χ3n) is 9.11. The molecule has 0 radical (unpaired) electrons. The highest BCUT2D eigenvalue weighted by Gasteiger charge is 2.23. The number of benzene rings is 1. The summed E-state index contributed by atoms with van der Waals surface area (Å²) in [5.41, 5.74) is 0.981. The van der Waals surface area contributed by atoms with Gasteiger partial charge in [-0.3, -0.25) is 24.2 Å². The molecule has 0 bridgehead atoms. The molecule has 15 nitrogen and oxygen atoms in total. The molecule has 0 spiro atoms. The highest BCUT2D eigenvalue weighted by Crippen LogP contribution is 2.36. The van der Waals surface area contributed by atoms with E-state index in [4.69, 9.17) is 19.3 Å². The molecule has 3 N–H and O–H groups in total. The highest BCUT2D eigenvalue weighted by atomic mass is 31.2. The molecule has 0 aliphatic heterocycles. The second-order valence-electron chi connectivity index (χ2n) is 13.8. The average molecular weight is 771 g/mol. The fraction of sp³-hybridized carbons (Fsp3) is 0.784. The van der Waals surface area contributed by atoms with Crippen LogP contribution in [-0.2, 0) is 28.2 Å². The maximum Gasteiger partial charge on any atom is 0.469 e. The number of anilines is 1. The number of phosphoric acid groups is 1. The molecule has 0 saturated carbocycles. The molecule has 1 heterocycles. The zero-order valence-corrected chi connectivity index (χ0v) is 32.6. The van der Waals surface area contributed by atoms with E-state index in [9.17, 15) is 24.3 Å². The zero-order chi connectivity index (χ0) is 38.6. The minimum absolute atomic E-state index is 0.127. The number of unbranched alkanes of at least 4 members (excludes halogenated alkanes) is 20. The third kappa shape index (κ3) is 22.6. The molecule has 1 atom stereocenters. The van der Waals surface area contributed by atoms with Gasteiger partial charge in [0, 0.05) is 25.5 Å². The number of nitro benzene ring substituents is 1. The molecule has 1 aromatic heterocycles. The summed E-state index contributed by atoms with van der Waals surface area (Å²) in [6, 6.07) is 3.00. The van der Waals surface area contributed by atoms with Gasteiger partial charge in [-0.25, -0.2) is 9.19 Å². The maximum atomic E-state index is 12.4. The molecule has 0 unspecified atom stereocenters. The number of aromatic nitrogens is 2. The quantitative estimate of drug-likeness (QED) is 0.0199. The van der Waals surface area contributed by atoms with Crippen LogP contribution in [0.1, 0.15) is 161 Å². The van der Waals surface area contributed by atoms with E-state index in [0.717, 1.165) is 70.6 Å². The van der Waals surface area contributed by atoms with Gasteiger partial charge < -0.3 is 24.6 Å². The van der Waals surface area contributed by atoms with Gasteiger partial charge in [-0.15, -0.1) is 0 Å². The van der Waals surface area contributed by atoms with Crippen molar-refractivity contribution in [1.82, 2.24) is 10.3 Å². The number of non-ortho nitro benzene ring substituents is 1. The summed E-state index contributed by atoms with van der Waals surface area (Å²) < 4.78 is 31.0. The van der Waals surface area contributed by atoms with Crippen LogP contribution in [0.25, 0.3) is 11.0 Å². The van der Waals surface area contributed by atoms with Crippen molar-refractivity contribution in [3.05, 3.63) is 22.2 Å². The predicted molar refractivity (Wildman–Crippen MR) is 202 cm³/mol. The molecule has 16 heteroatoms. The average Bonchev–Trinajstić information content (AvgIpc) is 3.62. The van der Waals surface area contributed by atoms with E-state index in [2.05, 4.69) is 31.7 Å². The number of carbonyl (C=O) groups excluding carboxylic acids is 2. The number of fused-ring (bicyclic) bond motifs is 1. The molecular weight excluding hydrogens is 707 g/mol. The van der Waals surface area contributed by atoms with Gasteiger partial charge in [0.05, 0.1) is 17.2 Å². The number of nitrogens with zero attached hydrogens (tertiary/aromatic N) is 3. The molecule has 53 heavy (non-hydrogen) atoms. The van der Waals surface area contributed by atoms with Gasteiger partial charge in [-0.1, -0.05) is 129 Å². The van der Waals surface area contributed by atoms with Crippen molar-refractivity contribution >= 4 is 42.2 Å². The van der Waals surface area contributed by atoms with Crippen molar-refractivity contribution in [2.75, 3.05) is 25.1 Å². The first-order chi connectivity index (χ1) is 25.6. The third-order valence-corrected chi connectivity index (χ3v) is 9.59. The summed E-state index contributed by atoms with van der Waals surface area (Å²) in [6.45, 7) is 2.04. The Balaban J connectivity index is 1.48. The Morgan fingerprint density at radius 2 is 1.25 bits per heavy atom. The molecular formula is C37H63N4O11P. The van der Waals surface area contributed by atoms with E-state index >= 15 is 0 Å². The maximum absolute atomic E-state index is 12.4. The largest absolute Gasteiger partial charge is 0.469 e. The van der Waals surface area contributed by atoms with Gasteiger partial charge in [0.1, 0.15) is 6.61 Å². The molecule has 0 amide bonds. The lowest BCUT2D eigenvalue weighted by Gasteiger charge is -2.18. The van der Waals surface area contributed by atoms with Crippen molar-refractivity contribution in [2.45, 2.75) is 167 Å². The van der Waals surface area contributed by atoms with E-state index in [1.54, 1.807) is 6.07 Å². The predicted octanol–water partition coefficient (Wildman–Crippen LogP) is 9.49. The lowest BCUT2D eigenvalue weighted by molar-refractivity contribution is -0.383. The monoisotopic (exact) mass is 770 g/mol. The van der Waals surface area contributed by atoms with Gasteiger partial charge >= 0.3 is 25.4 Å². The molecule has 2 rings (SSSR count). The molecule has 1 aromatic carbocycles. The summed E-state index contributed by atoms with van der Waals surface area (Å²) in [5.74, 6) is -0.963. The number of nitrogens with one attached hydrogen (secondary N) is 1. The van der Waals surface area contributed by atoms with Gasteiger partial charge in [0.2, 0.25) is 5.52 Å². The number of carbonyl (C=O) groups is 2. The summed E-state index contributed by atoms with van der Waals surface area (Å²) in [4.78, 5) is 53.4. The Hall–Kier alpha value is -3.13. The Kier molecular flexibility index (Phi) is 24.6. The van der Waals surface area contributed by atoms with Crippen molar-refractivity contribution < 1.29 is 47.5 Å². The summed E-state index contributed by atoms with van der Waals surface area (Å²) in [5, 5.41) is 21.8. The summed E-state index contributed by atoms with van der Waals surface area (Å²) >= 11 is 0. The van der Waals surface area contributed by atoms with Crippen molar-refractivity contribution in [3.8, 4) is 0 Å². The first-order valence-electron chi connectivity index (χ1n) is 19.8. The number of phosphoric ester groups is 1. The fourth-order valence-corrected chi connectivity index (χ4v) is 6.45. The SMILES string of the molecule is CCCCCCCCCCCCCCCC(=O)OC[C@H](COP(=O)(O)O)OC(=O)CCCCCCCCCCCNc1ccc([N+](=O)[O-])c2nonc12. The van der Waals surface area contributed by atoms with Gasteiger partial charge in [0.25, 0.3) is 0 Å². The van der Waals surface area contributed by atoms with Gasteiger partial charge in [-0.05, 0) is 35.6 Å². The van der Waals surface area contributed by atoms with Crippen LogP contribution in [0.2, 0.25) is 0 Å². The van der Waals surface area contributed by atoms with Crippen LogP contribution in [0.15, 0.2) is 16.8 Å². The van der Waals surface area contributed by atoms with E-state index in [1.807, 2.05) is 0 Å². The highest BCUT2D eigenvalue weighted by molar-refractivity contribution is 7.46. The van der Waals surface area contributed by atoms with Crippen molar-refractivity contribution in [2.24, 2.45) is 0 Å². The standard InChI is InChI=1S/C37H63N4O11P/c1-2-3-4-5-6-7-8-9-10-12-15-18-21-24-34(42)49-29-31(30-50-53(46,47)48)51-35(43)25-22-19-16-13-11-14-17-20-23-28-38-32-26-27-33(41(44)45)37-36(32)39-52-40-37/h26-27,31,38H,2-25,28-30H2,1H3,(H2,46,47,48)/t31-/m1/s1. The normalized spacial score (nSPS) is 12.2. The van der Waals surface area contributed by atoms with Crippen LogP contribution < -0.4 is 5.32 Å². The summed E-state index contributed by atoms with van der Waals surface area (Å²) in [6.07, 6.45) is 23.6. The van der Waals surface area contributed by atoms with Crippen LogP contribution in [0.5, 0.6) is 0 Å². The number of esters is 2. The number of rotatable bonds is 34. The van der Waals surface area contributed by atoms with Crippen LogP contribution in [0.3, 0.4) is 0 Å². The Bertz CT molecular complexity index is 1350. The number of hydrogen-bond donors (Lipinski definition) is 3. The molecule has 0 aliphatic rings. The number of ether oxygens (including phenoxy) is 2. The number of hydrogen-bond acceptors (Lipinski definition) is 12. The van der Waals surface area contributed by atoms with Crippen LogP contribution in [-0.4, -0.2) is 62.8 Å². The Morgan fingerprint density at radius 3 is 1.77 bits per heavy atom. The number of nitro groups is 1. The first kappa shape index (κ1) is 46.0. The van der Waals surface area contributed by atoms with E-state index < -0.39 is 37.4 Å². The minimum Gasteiger partial charge on any atom is -0.462 e. The van der Waals surface area contributed by atoms with E-state index in [-0.39, 0.29) is 30.7 Å². The lowest BCUT2D eigenvalue weighted by atomic mass is 10.0. The van der Waals surface area contributed by atoms with Crippen LogP contribution in [0, 0.1) is 10.1 Å². The molecule has 0 saturated heterocycles. The van der Waals surface area contributed by atoms with E-state index in [1.165, 1.54) is 63.9 Å². The van der Waals surface area contributed by atoms with Crippen LogP contribution in [0.4, 0.5) is 11.4 Å². The van der Waals surface area contributed by atoms with Gasteiger partial charge in [0.15, 0.2) is 11.6 Å². The first-order valence-corrected chi connectivity index (χ1v) is 21.3. The van der Waals surface area contributed by atoms with Crippen molar-refractivity contribution in [3.63, 3.8) is 0 Å². The van der Waals surface area contributed by atoms with Gasteiger partial charge in [-0.2, -0.15) is 0 Å². The summed E-state index contributed by atoms with van der Waals surface area (Å²) in [7, 11) is -4.79. The Labute approximate surface area is 314 Å². The minimum atomic E-state index is -4.79. The second kappa shape index (κ2) is 28.3. The molecule has 0 aliphatic carbocycles.